The van der Waals surface area contributed by atoms with Gasteiger partial charge in [-0.15, -0.1) is 0 Å². The van der Waals surface area contributed by atoms with E-state index in [9.17, 15) is 9.59 Å². The minimum atomic E-state index is -0.806. The molecule has 0 saturated carbocycles. The van der Waals surface area contributed by atoms with E-state index in [4.69, 9.17) is 14.2 Å². The van der Waals surface area contributed by atoms with Crippen molar-refractivity contribution < 1.29 is 23.8 Å². The quantitative estimate of drug-likeness (QED) is 0.0995. The monoisotopic (exact) mass is 586 g/mol. The predicted octanol–water partition coefficient (Wildman–Crippen LogP) is 6.47. The van der Waals surface area contributed by atoms with Gasteiger partial charge in [-0.1, -0.05) is 64.0 Å². The van der Waals surface area contributed by atoms with Crippen molar-refractivity contribution in [2.75, 3.05) is 0 Å². The van der Waals surface area contributed by atoms with Crippen LogP contribution in [0.4, 0.5) is 0 Å². The maximum atomic E-state index is 12.6. The van der Waals surface area contributed by atoms with Crippen LogP contribution in [0.1, 0.15) is 34.0 Å². The largest absolute Gasteiger partial charge is 0.489 e. The van der Waals surface area contributed by atoms with Gasteiger partial charge in [0.1, 0.15) is 23.9 Å². The number of halogens is 1. The first-order valence-electron chi connectivity index (χ1n) is 12.2. The van der Waals surface area contributed by atoms with Gasteiger partial charge in [0, 0.05) is 10.0 Å². The summed E-state index contributed by atoms with van der Waals surface area (Å²) in [7, 11) is 0. The van der Waals surface area contributed by atoms with E-state index in [1.54, 1.807) is 61.5 Å². The first kappa shape index (κ1) is 27.6. The molecular formula is C31H27BrN2O5. The summed E-state index contributed by atoms with van der Waals surface area (Å²) in [4.78, 5) is 25.1. The number of esters is 1. The van der Waals surface area contributed by atoms with E-state index in [0.717, 1.165) is 15.6 Å². The van der Waals surface area contributed by atoms with Gasteiger partial charge in [0.05, 0.1) is 11.8 Å². The first-order chi connectivity index (χ1) is 18.9. The summed E-state index contributed by atoms with van der Waals surface area (Å²) in [5, 5.41) is 4.03. The van der Waals surface area contributed by atoms with Gasteiger partial charge in [0.15, 0.2) is 6.10 Å². The third-order valence-corrected chi connectivity index (χ3v) is 6.09. The number of benzene rings is 4. The summed E-state index contributed by atoms with van der Waals surface area (Å²) in [6.45, 7) is 4.03. The van der Waals surface area contributed by atoms with Gasteiger partial charge in [0.25, 0.3) is 5.91 Å². The molecule has 8 heteroatoms. The third kappa shape index (κ3) is 8.28. The number of carbonyl (C=O) groups is 2. The molecule has 0 aliphatic rings. The Hall–Kier alpha value is -4.43. The molecule has 4 aromatic rings. The van der Waals surface area contributed by atoms with Crippen molar-refractivity contribution in [3.63, 3.8) is 0 Å². The summed E-state index contributed by atoms with van der Waals surface area (Å²) >= 11 is 3.40. The number of carbonyl (C=O) groups excluding carboxylic acids is 2. The molecule has 1 atom stereocenters. The van der Waals surface area contributed by atoms with Crippen LogP contribution < -0.4 is 19.6 Å². The lowest BCUT2D eigenvalue weighted by atomic mass is 10.1. The average molecular weight is 587 g/mol. The molecule has 0 heterocycles. The first-order valence-corrected chi connectivity index (χ1v) is 13.0. The molecule has 0 bridgehead atoms. The zero-order valence-corrected chi connectivity index (χ0v) is 23.1. The second-order valence-corrected chi connectivity index (χ2v) is 9.59. The van der Waals surface area contributed by atoms with Crippen molar-refractivity contribution in [1.29, 1.82) is 0 Å². The number of nitrogens with zero attached hydrogens (tertiary/aromatic N) is 1. The fourth-order valence-corrected chi connectivity index (χ4v) is 3.81. The smallest absolute Gasteiger partial charge is 0.343 e. The summed E-state index contributed by atoms with van der Waals surface area (Å²) in [6.07, 6.45) is 0.603. The topological polar surface area (TPSA) is 86.2 Å². The highest BCUT2D eigenvalue weighted by Gasteiger charge is 2.15. The van der Waals surface area contributed by atoms with E-state index >= 15 is 0 Å². The van der Waals surface area contributed by atoms with Crippen LogP contribution in [0.2, 0.25) is 0 Å². The molecule has 0 radical (unpaired) electrons. The van der Waals surface area contributed by atoms with Crippen LogP contribution in [0, 0.1) is 6.92 Å². The number of amides is 1. The van der Waals surface area contributed by atoms with Crippen molar-refractivity contribution in [3.8, 4) is 17.2 Å². The number of ether oxygens (including phenoxy) is 3. The molecule has 0 aliphatic carbocycles. The lowest BCUT2D eigenvalue weighted by molar-refractivity contribution is -0.127. The van der Waals surface area contributed by atoms with E-state index in [0.29, 0.717) is 35.0 Å². The molecule has 0 spiro atoms. The Bertz CT molecular complexity index is 1440. The maximum Gasteiger partial charge on any atom is 0.343 e. The number of rotatable bonds is 10. The molecule has 0 fully saturated rings. The predicted molar refractivity (Wildman–Crippen MR) is 153 cm³/mol. The highest BCUT2D eigenvalue weighted by Crippen LogP contribution is 2.23. The summed E-state index contributed by atoms with van der Waals surface area (Å²) in [5.41, 5.74) is 5.52. The Morgan fingerprint density at radius 3 is 2.33 bits per heavy atom. The Morgan fingerprint density at radius 1 is 0.923 bits per heavy atom. The van der Waals surface area contributed by atoms with Gasteiger partial charge in [0.2, 0.25) is 0 Å². The van der Waals surface area contributed by atoms with Crippen LogP contribution in [0.3, 0.4) is 0 Å². The molecule has 7 nitrogen and oxygen atoms in total. The number of hydrogen-bond donors (Lipinski definition) is 1. The number of hydrogen-bond acceptors (Lipinski definition) is 6. The van der Waals surface area contributed by atoms with Crippen LogP contribution in [0.5, 0.6) is 17.2 Å². The normalized spacial score (nSPS) is 11.6. The van der Waals surface area contributed by atoms with Gasteiger partial charge in [-0.25, -0.2) is 10.2 Å². The highest BCUT2D eigenvalue weighted by atomic mass is 79.9. The number of hydrazone groups is 1. The molecular weight excluding hydrogens is 560 g/mol. The van der Waals surface area contributed by atoms with E-state index in [1.807, 2.05) is 49.4 Å². The Labute approximate surface area is 235 Å². The molecule has 1 N–H and O–H groups in total. The summed E-state index contributed by atoms with van der Waals surface area (Å²) in [5.74, 6) is 0.589. The molecule has 0 aliphatic heterocycles. The SMILES string of the molecule is Cc1ccc(C(=O)Oc2ccc(Br)cc2C=NNC(=O)C(C)Oc2ccc(OCc3ccccc3)cc2)cc1. The van der Waals surface area contributed by atoms with E-state index in [1.165, 1.54) is 6.21 Å². The van der Waals surface area contributed by atoms with Crippen LogP contribution >= 0.6 is 15.9 Å². The van der Waals surface area contributed by atoms with Gasteiger partial charge in [-0.2, -0.15) is 5.10 Å². The molecule has 4 aromatic carbocycles. The number of aryl methyl sites for hydroxylation is 1. The number of nitrogens with one attached hydrogen (secondary N) is 1. The Balaban J connectivity index is 1.31. The van der Waals surface area contributed by atoms with Crippen molar-refractivity contribution in [2.45, 2.75) is 26.6 Å². The van der Waals surface area contributed by atoms with Gasteiger partial charge < -0.3 is 14.2 Å². The van der Waals surface area contributed by atoms with Crippen LogP contribution in [0.25, 0.3) is 0 Å². The standard InChI is InChI=1S/C31H27BrN2O5/c1-21-8-10-24(11-9-21)31(36)39-29-17-12-26(32)18-25(29)19-33-34-30(35)22(2)38-28-15-13-27(14-16-28)37-20-23-6-4-3-5-7-23/h3-19,22H,20H2,1-2H3,(H,34,35). The fraction of sp³-hybridized carbons (Fsp3) is 0.129. The van der Waals surface area contributed by atoms with Crippen molar-refractivity contribution >= 4 is 34.0 Å². The maximum absolute atomic E-state index is 12.6. The molecule has 1 amide bonds. The lowest BCUT2D eigenvalue weighted by Gasteiger charge is -2.14. The zero-order chi connectivity index (χ0) is 27.6. The molecule has 1 unspecified atom stereocenters. The zero-order valence-electron chi connectivity index (χ0n) is 21.5. The lowest BCUT2D eigenvalue weighted by Crippen LogP contribution is -2.33. The minimum Gasteiger partial charge on any atom is -0.489 e. The van der Waals surface area contributed by atoms with Gasteiger partial charge in [-0.3, -0.25) is 4.79 Å². The molecule has 4 rings (SSSR count). The van der Waals surface area contributed by atoms with Gasteiger partial charge in [-0.05, 0) is 74.0 Å². The van der Waals surface area contributed by atoms with E-state index in [2.05, 4.69) is 26.5 Å². The van der Waals surface area contributed by atoms with Gasteiger partial charge >= 0.3 is 5.97 Å². The molecule has 39 heavy (non-hydrogen) atoms. The molecule has 0 saturated heterocycles. The third-order valence-electron chi connectivity index (χ3n) is 5.59. The van der Waals surface area contributed by atoms with E-state index in [-0.39, 0.29) is 0 Å². The van der Waals surface area contributed by atoms with E-state index < -0.39 is 18.0 Å². The van der Waals surface area contributed by atoms with Crippen molar-refractivity contribution in [3.05, 3.63) is 124 Å². The summed E-state index contributed by atoms with van der Waals surface area (Å²) in [6, 6.07) is 29.2. The van der Waals surface area contributed by atoms with Crippen LogP contribution in [0.15, 0.2) is 107 Å². The fourth-order valence-electron chi connectivity index (χ4n) is 3.43. The molecule has 0 aromatic heterocycles. The van der Waals surface area contributed by atoms with Crippen molar-refractivity contribution in [2.24, 2.45) is 5.10 Å². The van der Waals surface area contributed by atoms with Crippen LogP contribution in [-0.4, -0.2) is 24.2 Å². The van der Waals surface area contributed by atoms with Crippen LogP contribution in [-0.2, 0) is 11.4 Å². The minimum absolute atomic E-state index is 0.306. The highest BCUT2D eigenvalue weighted by molar-refractivity contribution is 9.10. The second-order valence-electron chi connectivity index (χ2n) is 8.68. The average Bonchev–Trinajstić information content (AvgIpc) is 2.95. The Morgan fingerprint density at radius 2 is 1.62 bits per heavy atom. The Kier molecular flexibility index (Phi) is 9.48. The van der Waals surface area contributed by atoms with Crippen molar-refractivity contribution in [1.82, 2.24) is 5.43 Å². The molecule has 198 valence electrons. The second kappa shape index (κ2) is 13.4. The summed E-state index contributed by atoms with van der Waals surface area (Å²) < 4.78 is 17.8.